The molecule has 0 aliphatic carbocycles. The zero-order valence-corrected chi connectivity index (χ0v) is 15.1. The summed E-state index contributed by atoms with van der Waals surface area (Å²) < 4.78 is 0. The third kappa shape index (κ3) is 3.04. The smallest absolute Gasteiger partial charge is 0.117 e. The quantitative estimate of drug-likeness (QED) is 0.740. The molecule has 124 valence electrons. The molecule has 4 heteroatoms. The highest BCUT2D eigenvalue weighted by molar-refractivity contribution is 6.33. The number of likely N-dealkylation sites (N-methyl/N-ethyl adjacent to an activating group) is 1. The van der Waals surface area contributed by atoms with E-state index in [9.17, 15) is 5.11 Å². The number of benzene rings is 2. The summed E-state index contributed by atoms with van der Waals surface area (Å²) in [5.41, 5.74) is 5.03. The van der Waals surface area contributed by atoms with Crippen molar-refractivity contribution in [2.75, 3.05) is 11.9 Å². The van der Waals surface area contributed by atoms with Gasteiger partial charge in [-0.1, -0.05) is 23.7 Å². The summed E-state index contributed by atoms with van der Waals surface area (Å²) >= 11 is 6.48. The van der Waals surface area contributed by atoms with Crippen LogP contribution in [0.15, 0.2) is 47.5 Å². The van der Waals surface area contributed by atoms with Gasteiger partial charge in [0.2, 0.25) is 0 Å². The predicted octanol–water partition coefficient (Wildman–Crippen LogP) is 5.43. The topological polar surface area (TPSA) is 35.8 Å². The predicted molar refractivity (Wildman–Crippen MR) is 103 cm³/mol. The van der Waals surface area contributed by atoms with E-state index >= 15 is 0 Å². The van der Waals surface area contributed by atoms with E-state index in [-0.39, 0.29) is 11.3 Å². The molecule has 0 saturated heterocycles. The van der Waals surface area contributed by atoms with Crippen molar-refractivity contribution in [1.82, 2.24) is 0 Å². The fourth-order valence-electron chi connectivity index (χ4n) is 3.00. The average molecular weight is 341 g/mol. The maximum atomic E-state index is 9.52. The second kappa shape index (κ2) is 5.99. The number of rotatable bonds is 2. The third-order valence-electron chi connectivity index (χ3n) is 4.52. The van der Waals surface area contributed by atoms with E-state index in [4.69, 9.17) is 11.6 Å². The van der Waals surface area contributed by atoms with Gasteiger partial charge in [-0.25, -0.2) is 0 Å². The summed E-state index contributed by atoms with van der Waals surface area (Å²) in [7, 11) is 2.08. The Labute approximate surface area is 147 Å². The Morgan fingerprint density at radius 1 is 1.21 bits per heavy atom. The standard InChI is InChI=1S/C20H21ClN2O/c1-13-11-20(2,3)23(4)19-10-18(21)14(8-17(13)19)12-22-15-6-5-7-16(24)9-15/h5-12,24H,1-4H3. The summed E-state index contributed by atoms with van der Waals surface area (Å²) in [4.78, 5) is 6.65. The van der Waals surface area contributed by atoms with E-state index in [0.717, 1.165) is 11.3 Å². The van der Waals surface area contributed by atoms with Gasteiger partial charge in [0.05, 0.1) is 16.2 Å². The lowest BCUT2D eigenvalue weighted by molar-refractivity contribution is 0.475. The SMILES string of the molecule is CC1=CC(C)(C)N(C)c2cc(Cl)c(C=Nc3cccc(O)c3)cc21. The Kier molecular flexibility index (Phi) is 4.14. The largest absolute Gasteiger partial charge is 0.508 e. The van der Waals surface area contributed by atoms with E-state index < -0.39 is 0 Å². The lowest BCUT2D eigenvalue weighted by Crippen LogP contribution is -2.42. The van der Waals surface area contributed by atoms with Gasteiger partial charge in [0.1, 0.15) is 5.75 Å². The minimum atomic E-state index is -0.0441. The molecule has 2 aromatic rings. The molecular weight excluding hydrogens is 320 g/mol. The Morgan fingerprint density at radius 3 is 2.67 bits per heavy atom. The van der Waals surface area contributed by atoms with Crippen LogP contribution in [0.3, 0.4) is 0 Å². The zero-order chi connectivity index (χ0) is 17.5. The molecule has 0 unspecified atom stereocenters. The second-order valence-corrected chi connectivity index (χ2v) is 7.12. The summed E-state index contributed by atoms with van der Waals surface area (Å²) in [6, 6.07) is 10.9. The molecule has 0 radical (unpaired) electrons. The molecule has 1 aliphatic rings. The molecule has 1 N–H and O–H groups in total. The molecule has 0 spiro atoms. The first-order valence-electron chi connectivity index (χ1n) is 7.88. The number of aliphatic imine (C=N–C) groups is 1. The van der Waals surface area contributed by atoms with Gasteiger partial charge in [0, 0.05) is 36.1 Å². The van der Waals surface area contributed by atoms with E-state index in [1.807, 2.05) is 12.1 Å². The summed E-state index contributed by atoms with van der Waals surface area (Å²) in [5.74, 6) is 0.198. The maximum Gasteiger partial charge on any atom is 0.117 e. The van der Waals surface area contributed by atoms with Crippen LogP contribution in [-0.2, 0) is 0 Å². The molecule has 1 heterocycles. The van der Waals surface area contributed by atoms with Crippen LogP contribution in [0.4, 0.5) is 11.4 Å². The van der Waals surface area contributed by atoms with Crippen LogP contribution >= 0.6 is 11.6 Å². The average Bonchev–Trinajstić information content (AvgIpc) is 2.51. The number of halogens is 1. The molecule has 0 atom stereocenters. The first-order chi connectivity index (χ1) is 11.3. The number of hydrogen-bond donors (Lipinski definition) is 1. The van der Waals surface area contributed by atoms with Gasteiger partial charge in [-0.15, -0.1) is 0 Å². The molecular formula is C20H21ClN2O. The number of anilines is 1. The lowest BCUT2D eigenvalue weighted by Gasteiger charge is -2.40. The van der Waals surface area contributed by atoms with E-state index in [2.05, 4.69) is 49.9 Å². The highest BCUT2D eigenvalue weighted by Crippen LogP contribution is 2.40. The zero-order valence-electron chi connectivity index (χ0n) is 14.3. The van der Waals surface area contributed by atoms with Crippen molar-refractivity contribution >= 4 is 34.8 Å². The number of nitrogens with zero attached hydrogens (tertiary/aromatic N) is 2. The Balaban J connectivity index is 2.02. The van der Waals surface area contributed by atoms with E-state index in [1.165, 1.54) is 11.1 Å². The van der Waals surface area contributed by atoms with Crippen LogP contribution in [0.25, 0.3) is 5.57 Å². The molecule has 0 aromatic heterocycles. The molecule has 2 aromatic carbocycles. The summed E-state index contributed by atoms with van der Waals surface area (Å²) in [6.45, 7) is 6.49. The fourth-order valence-corrected chi connectivity index (χ4v) is 3.21. The van der Waals surface area contributed by atoms with Gasteiger partial charge < -0.3 is 10.0 Å². The van der Waals surface area contributed by atoms with Crippen LogP contribution in [-0.4, -0.2) is 23.9 Å². The van der Waals surface area contributed by atoms with Crippen LogP contribution in [0.5, 0.6) is 5.75 Å². The normalized spacial score (nSPS) is 16.2. The molecule has 3 nitrogen and oxygen atoms in total. The molecule has 24 heavy (non-hydrogen) atoms. The van der Waals surface area contributed by atoms with Gasteiger partial charge in [0.15, 0.2) is 0 Å². The van der Waals surface area contributed by atoms with Gasteiger partial charge in [-0.3, -0.25) is 4.99 Å². The molecule has 0 bridgehead atoms. The van der Waals surface area contributed by atoms with Crippen molar-refractivity contribution in [3.8, 4) is 5.75 Å². The monoisotopic (exact) mass is 340 g/mol. The Bertz CT molecular complexity index is 853. The van der Waals surface area contributed by atoms with Crippen LogP contribution in [0, 0.1) is 0 Å². The van der Waals surface area contributed by atoms with E-state index in [1.54, 1.807) is 24.4 Å². The first kappa shape index (κ1) is 16.6. The number of phenolic OH excluding ortho intramolecular Hbond substituents is 1. The minimum Gasteiger partial charge on any atom is -0.508 e. The summed E-state index contributed by atoms with van der Waals surface area (Å²) in [5, 5.41) is 10.2. The minimum absolute atomic E-state index is 0.0441. The molecule has 3 rings (SSSR count). The molecule has 0 saturated carbocycles. The summed E-state index contributed by atoms with van der Waals surface area (Å²) in [6.07, 6.45) is 4.00. The number of aromatic hydroxyl groups is 1. The van der Waals surface area contributed by atoms with Crippen LogP contribution in [0.1, 0.15) is 31.9 Å². The Morgan fingerprint density at radius 2 is 1.96 bits per heavy atom. The van der Waals surface area contributed by atoms with Gasteiger partial charge in [-0.05, 0) is 50.6 Å². The molecule has 1 aliphatic heterocycles. The number of hydrogen-bond acceptors (Lipinski definition) is 3. The first-order valence-corrected chi connectivity index (χ1v) is 8.26. The molecule has 0 fully saturated rings. The highest BCUT2D eigenvalue weighted by Gasteiger charge is 2.28. The van der Waals surface area contributed by atoms with Crippen LogP contribution in [0.2, 0.25) is 5.02 Å². The van der Waals surface area contributed by atoms with Gasteiger partial charge in [0.25, 0.3) is 0 Å². The highest BCUT2D eigenvalue weighted by atomic mass is 35.5. The van der Waals surface area contributed by atoms with Crippen LogP contribution < -0.4 is 4.90 Å². The maximum absolute atomic E-state index is 9.52. The third-order valence-corrected chi connectivity index (χ3v) is 4.85. The van der Waals surface area contributed by atoms with Gasteiger partial charge >= 0.3 is 0 Å². The van der Waals surface area contributed by atoms with Crippen molar-refractivity contribution in [3.63, 3.8) is 0 Å². The molecule has 0 amide bonds. The van der Waals surface area contributed by atoms with Gasteiger partial charge in [-0.2, -0.15) is 0 Å². The number of phenols is 1. The number of fused-ring (bicyclic) bond motifs is 1. The number of allylic oxidation sites excluding steroid dienone is 1. The van der Waals surface area contributed by atoms with Crippen molar-refractivity contribution in [2.45, 2.75) is 26.3 Å². The van der Waals surface area contributed by atoms with Crippen molar-refractivity contribution in [3.05, 3.63) is 58.6 Å². The lowest BCUT2D eigenvalue weighted by atomic mass is 9.88. The fraction of sp³-hybridized carbons (Fsp3) is 0.250. The van der Waals surface area contributed by atoms with Crippen molar-refractivity contribution in [1.29, 1.82) is 0 Å². The Hall–Kier alpha value is -2.26. The second-order valence-electron chi connectivity index (χ2n) is 6.71. The van der Waals surface area contributed by atoms with Crippen molar-refractivity contribution < 1.29 is 5.11 Å². The van der Waals surface area contributed by atoms with Crippen molar-refractivity contribution in [2.24, 2.45) is 4.99 Å². The van der Waals surface area contributed by atoms with E-state index in [0.29, 0.717) is 10.7 Å².